The van der Waals surface area contributed by atoms with Gasteiger partial charge in [-0.05, 0) is 0 Å². The van der Waals surface area contributed by atoms with Gasteiger partial charge in [0.1, 0.15) is 6.54 Å². The van der Waals surface area contributed by atoms with Crippen LogP contribution in [0.2, 0.25) is 0 Å². The molecule has 0 amide bonds. The van der Waals surface area contributed by atoms with Crippen LogP contribution in [0.4, 0.5) is 0 Å². The number of rotatable bonds is 5. The lowest BCUT2D eigenvalue weighted by molar-refractivity contribution is -0.906. The topological polar surface area (TPSA) is 66.8 Å². The van der Waals surface area contributed by atoms with E-state index in [2.05, 4.69) is 0 Å². The van der Waals surface area contributed by atoms with E-state index < -0.39 is 7.60 Å². The Labute approximate surface area is 80.1 Å². The van der Waals surface area contributed by atoms with Gasteiger partial charge < -0.3 is 21.9 Å². The normalized spacial score (nSPS) is 16.1. The maximum Gasteiger partial charge on any atom is 0.329 e. The summed E-state index contributed by atoms with van der Waals surface area (Å²) in [6.45, 7) is 1.81. The first-order valence-corrected chi connectivity index (χ1v) is 5.67. The van der Waals surface area contributed by atoms with E-state index in [1.54, 1.807) is 0 Å². The van der Waals surface area contributed by atoms with Gasteiger partial charge in [0.25, 0.3) is 0 Å². The highest BCUT2D eigenvalue weighted by Crippen LogP contribution is 2.36. The molecule has 82 valence electrons. The van der Waals surface area contributed by atoms with Crippen LogP contribution in [-0.4, -0.2) is 55.1 Å². The van der Waals surface area contributed by atoms with Gasteiger partial charge in [-0.2, -0.15) is 0 Å². The summed E-state index contributed by atoms with van der Waals surface area (Å²) in [5.74, 6) is 0. The third-order valence-corrected chi connectivity index (χ3v) is 1.95. The molecule has 0 spiro atoms. The van der Waals surface area contributed by atoms with E-state index in [0.717, 1.165) is 6.66 Å². The van der Waals surface area contributed by atoms with Crippen molar-refractivity contribution >= 4 is 7.60 Å². The second kappa shape index (κ2) is 5.73. The van der Waals surface area contributed by atoms with Crippen molar-refractivity contribution < 1.29 is 23.6 Å². The number of hydrogen-bond acceptors (Lipinski definition) is 3. The van der Waals surface area contributed by atoms with E-state index in [-0.39, 0.29) is 20.8 Å². The van der Waals surface area contributed by atoms with Crippen LogP contribution in [0.5, 0.6) is 0 Å². The van der Waals surface area contributed by atoms with Gasteiger partial charge in [0, 0.05) is 6.66 Å². The molecule has 0 aliphatic carbocycles. The minimum absolute atomic E-state index is 0. The third-order valence-electron chi connectivity index (χ3n) is 1.35. The Kier molecular flexibility index (Phi) is 6.85. The predicted octanol–water partition coefficient (Wildman–Crippen LogP) is 0.295. The van der Waals surface area contributed by atoms with E-state index in [0.29, 0.717) is 11.0 Å². The SMILES string of the molecule is C[N+](C)(CCO)COP(C)(=O)O.[CH3-]. The largest absolute Gasteiger partial charge is 0.391 e. The Morgan fingerprint density at radius 1 is 1.46 bits per heavy atom. The van der Waals surface area contributed by atoms with Crippen molar-refractivity contribution in [3.05, 3.63) is 7.43 Å². The maximum absolute atomic E-state index is 10.7. The van der Waals surface area contributed by atoms with Crippen molar-refractivity contribution in [1.29, 1.82) is 0 Å². The van der Waals surface area contributed by atoms with Crippen LogP contribution in [0.15, 0.2) is 0 Å². The fraction of sp³-hybridized carbons (Fsp3) is 0.857. The number of aliphatic hydroxyl groups is 1. The van der Waals surface area contributed by atoms with Gasteiger partial charge >= 0.3 is 7.60 Å². The van der Waals surface area contributed by atoms with Gasteiger partial charge in [0.05, 0.1) is 20.7 Å². The lowest BCUT2D eigenvalue weighted by Gasteiger charge is -2.28. The molecule has 5 nitrogen and oxygen atoms in total. The van der Waals surface area contributed by atoms with Crippen molar-refractivity contribution in [2.45, 2.75) is 0 Å². The summed E-state index contributed by atoms with van der Waals surface area (Å²) in [7, 11) is 0.240. The molecular formula is C7H20NO4P. The molecule has 0 saturated carbocycles. The number of likely N-dealkylation sites (N-methyl/N-ethyl adjacent to an activating group) is 1. The number of quaternary nitrogens is 1. The Morgan fingerprint density at radius 3 is 2.23 bits per heavy atom. The minimum Gasteiger partial charge on any atom is -0.391 e. The molecule has 0 aromatic rings. The molecule has 0 radical (unpaired) electrons. The van der Waals surface area contributed by atoms with Crippen LogP contribution >= 0.6 is 7.60 Å². The van der Waals surface area contributed by atoms with Crippen molar-refractivity contribution in [3.63, 3.8) is 0 Å². The number of hydrogen-bond donors (Lipinski definition) is 2. The summed E-state index contributed by atoms with van der Waals surface area (Å²) in [5.41, 5.74) is 0. The van der Waals surface area contributed by atoms with Gasteiger partial charge in [0.2, 0.25) is 0 Å². The van der Waals surface area contributed by atoms with E-state index in [1.807, 2.05) is 14.1 Å². The van der Waals surface area contributed by atoms with Crippen LogP contribution in [0.1, 0.15) is 0 Å². The quantitative estimate of drug-likeness (QED) is 0.298. The number of nitrogens with zero attached hydrogens (tertiary/aromatic N) is 1. The monoisotopic (exact) mass is 213 g/mol. The Bertz CT molecular complexity index is 177. The summed E-state index contributed by atoms with van der Waals surface area (Å²) in [6, 6.07) is 0. The standard InChI is InChI=1S/C6H16NO4P.CH3/c1-7(2,4-5-8)6-11-12(3,9)10;/h8H,4-6H2,1-3H3;1H3/q;-1/p+1. The molecule has 1 unspecified atom stereocenters. The molecule has 0 aromatic carbocycles. The highest BCUT2D eigenvalue weighted by Gasteiger charge is 2.19. The first-order valence-electron chi connectivity index (χ1n) is 3.64. The van der Waals surface area contributed by atoms with E-state index >= 15 is 0 Å². The van der Waals surface area contributed by atoms with Crippen molar-refractivity contribution in [1.82, 2.24) is 0 Å². The zero-order valence-electron chi connectivity index (χ0n) is 8.73. The molecule has 0 fully saturated rings. The smallest absolute Gasteiger partial charge is 0.329 e. The first kappa shape index (κ1) is 15.5. The van der Waals surface area contributed by atoms with E-state index in [1.165, 1.54) is 0 Å². The fourth-order valence-electron chi connectivity index (χ4n) is 0.599. The van der Waals surface area contributed by atoms with Crippen molar-refractivity contribution in [2.75, 3.05) is 40.6 Å². The molecule has 0 aliphatic heterocycles. The summed E-state index contributed by atoms with van der Waals surface area (Å²) in [6.07, 6.45) is 0. The Balaban J connectivity index is 0. The van der Waals surface area contributed by atoms with Gasteiger partial charge in [0.15, 0.2) is 6.73 Å². The summed E-state index contributed by atoms with van der Waals surface area (Å²) in [4.78, 5) is 8.81. The Hall–Kier alpha value is 0.0700. The van der Waals surface area contributed by atoms with Gasteiger partial charge in [-0.1, -0.05) is 0 Å². The van der Waals surface area contributed by atoms with E-state index in [9.17, 15) is 4.57 Å². The highest BCUT2D eigenvalue weighted by atomic mass is 31.2. The van der Waals surface area contributed by atoms with Crippen LogP contribution in [0.25, 0.3) is 0 Å². The zero-order valence-corrected chi connectivity index (χ0v) is 9.62. The van der Waals surface area contributed by atoms with Crippen LogP contribution in [0, 0.1) is 7.43 Å². The molecule has 0 bridgehead atoms. The van der Waals surface area contributed by atoms with Crippen LogP contribution < -0.4 is 0 Å². The Morgan fingerprint density at radius 2 is 1.92 bits per heavy atom. The lowest BCUT2D eigenvalue weighted by atomic mass is 10.5. The highest BCUT2D eigenvalue weighted by molar-refractivity contribution is 7.51. The summed E-state index contributed by atoms with van der Waals surface area (Å²) in [5, 5.41) is 8.63. The molecule has 0 heterocycles. The second-order valence-corrected chi connectivity index (χ2v) is 5.31. The molecule has 0 saturated heterocycles. The molecule has 6 heteroatoms. The van der Waals surface area contributed by atoms with Crippen LogP contribution in [-0.2, 0) is 9.09 Å². The summed E-state index contributed by atoms with van der Waals surface area (Å²) < 4.78 is 15.8. The molecule has 1 atom stereocenters. The van der Waals surface area contributed by atoms with Crippen molar-refractivity contribution in [3.8, 4) is 0 Å². The molecule has 13 heavy (non-hydrogen) atoms. The lowest BCUT2D eigenvalue weighted by Crippen LogP contribution is -2.43. The molecule has 0 rings (SSSR count). The maximum atomic E-state index is 10.7. The average Bonchev–Trinajstić information content (AvgIpc) is 1.83. The molecule has 0 aromatic heterocycles. The first-order chi connectivity index (χ1) is 5.27. The van der Waals surface area contributed by atoms with Crippen LogP contribution in [0.3, 0.4) is 0 Å². The molecule has 2 N–H and O–H groups in total. The molecular weight excluding hydrogens is 193 g/mol. The average molecular weight is 213 g/mol. The second-order valence-electron chi connectivity index (χ2n) is 3.44. The number of aliphatic hydroxyl groups excluding tert-OH is 1. The van der Waals surface area contributed by atoms with Crippen molar-refractivity contribution in [2.24, 2.45) is 0 Å². The fourth-order valence-corrected chi connectivity index (χ4v) is 1.13. The van der Waals surface area contributed by atoms with Gasteiger partial charge in [-0.15, -0.1) is 0 Å². The predicted molar refractivity (Wildman–Crippen MR) is 52.2 cm³/mol. The molecule has 0 aliphatic rings. The van der Waals surface area contributed by atoms with Gasteiger partial charge in [-0.3, -0.25) is 9.09 Å². The minimum atomic E-state index is -3.38. The van der Waals surface area contributed by atoms with E-state index in [4.69, 9.17) is 14.5 Å². The third kappa shape index (κ3) is 9.99. The van der Waals surface area contributed by atoms with Gasteiger partial charge in [-0.25, -0.2) is 0 Å². The zero-order chi connectivity index (χ0) is 9.83. The summed E-state index contributed by atoms with van der Waals surface area (Å²) >= 11 is 0.